The van der Waals surface area contributed by atoms with Gasteiger partial charge in [0, 0.05) is 24.0 Å². The lowest BCUT2D eigenvalue weighted by molar-refractivity contribution is 0.103. The Morgan fingerprint density at radius 1 is 1.00 bits per heavy atom. The summed E-state index contributed by atoms with van der Waals surface area (Å²) < 4.78 is 0. The fourth-order valence-electron chi connectivity index (χ4n) is 2.62. The van der Waals surface area contributed by atoms with Gasteiger partial charge in [0.2, 0.25) is 0 Å². The molecule has 1 aromatic carbocycles. The molecule has 0 radical (unpaired) electrons. The van der Waals surface area contributed by atoms with Crippen molar-refractivity contribution in [3.63, 3.8) is 0 Å². The molecule has 0 saturated carbocycles. The fraction of sp³-hybridized carbons (Fsp3) is 0.263. The molecule has 8 heteroatoms. The maximum Gasteiger partial charge on any atom is 0.267 e. The second kappa shape index (κ2) is 8.13. The van der Waals surface area contributed by atoms with Crippen LogP contribution >= 0.6 is 11.3 Å². The number of anilines is 4. The van der Waals surface area contributed by atoms with E-state index in [0.29, 0.717) is 16.5 Å². The molecular weight excluding hydrogens is 360 g/mol. The third kappa shape index (κ3) is 4.79. The first-order valence-corrected chi connectivity index (χ1v) is 9.48. The highest BCUT2D eigenvalue weighted by atomic mass is 32.1. The summed E-state index contributed by atoms with van der Waals surface area (Å²) in [5.41, 5.74) is 2.35. The maximum atomic E-state index is 12.4. The molecule has 3 N–H and O–H groups in total. The van der Waals surface area contributed by atoms with Gasteiger partial charge in [0.05, 0.1) is 10.7 Å². The van der Waals surface area contributed by atoms with Crippen molar-refractivity contribution in [1.29, 1.82) is 0 Å². The average molecular weight is 382 g/mol. The number of hydrogen-bond acceptors (Lipinski definition) is 7. The van der Waals surface area contributed by atoms with Crippen LogP contribution in [0.25, 0.3) is 0 Å². The van der Waals surface area contributed by atoms with Crippen LogP contribution in [-0.4, -0.2) is 27.4 Å². The van der Waals surface area contributed by atoms with Crippen molar-refractivity contribution in [2.24, 2.45) is 0 Å². The summed E-state index contributed by atoms with van der Waals surface area (Å²) in [5, 5.41) is 10.2. The van der Waals surface area contributed by atoms with E-state index in [2.05, 4.69) is 30.9 Å². The highest BCUT2D eigenvalue weighted by molar-refractivity contribution is 7.13. The van der Waals surface area contributed by atoms with Crippen LogP contribution in [-0.2, 0) is 0 Å². The van der Waals surface area contributed by atoms with Crippen LogP contribution in [0.5, 0.6) is 0 Å². The van der Waals surface area contributed by atoms with Gasteiger partial charge >= 0.3 is 0 Å². The Bertz CT molecular complexity index is 951. The van der Waals surface area contributed by atoms with E-state index in [4.69, 9.17) is 0 Å². The molecule has 1 amide bonds. The average Bonchev–Trinajstić information content (AvgIpc) is 2.95. The van der Waals surface area contributed by atoms with Crippen LogP contribution in [0.15, 0.2) is 30.3 Å². The van der Waals surface area contributed by atoms with Crippen molar-refractivity contribution in [3.05, 3.63) is 51.7 Å². The van der Waals surface area contributed by atoms with Gasteiger partial charge in [0.15, 0.2) is 0 Å². The second-order valence-corrected chi connectivity index (χ2v) is 7.22. The first kappa shape index (κ1) is 18.8. The Morgan fingerprint density at radius 2 is 1.67 bits per heavy atom. The zero-order valence-corrected chi connectivity index (χ0v) is 16.6. The first-order valence-electron chi connectivity index (χ1n) is 8.66. The van der Waals surface area contributed by atoms with Crippen molar-refractivity contribution >= 4 is 40.3 Å². The second-order valence-electron chi connectivity index (χ2n) is 6.02. The number of aryl methyl sites for hydroxylation is 3. The van der Waals surface area contributed by atoms with Gasteiger partial charge in [-0.3, -0.25) is 4.79 Å². The summed E-state index contributed by atoms with van der Waals surface area (Å²) in [6.45, 7) is 8.41. The predicted octanol–water partition coefficient (Wildman–Crippen LogP) is 4.29. The van der Waals surface area contributed by atoms with Crippen LogP contribution in [0, 0.1) is 20.8 Å². The minimum Gasteiger partial charge on any atom is -0.370 e. The summed E-state index contributed by atoms with van der Waals surface area (Å²) in [5.74, 6) is 2.05. The number of hydrogen-bond donors (Lipinski definition) is 3. The number of thiazole rings is 1. The molecule has 0 aliphatic rings. The summed E-state index contributed by atoms with van der Waals surface area (Å²) >= 11 is 1.40. The third-order valence-corrected chi connectivity index (χ3v) is 4.79. The smallest absolute Gasteiger partial charge is 0.267 e. The van der Waals surface area contributed by atoms with Gasteiger partial charge in [-0.2, -0.15) is 0 Å². The van der Waals surface area contributed by atoms with E-state index in [1.54, 1.807) is 0 Å². The van der Waals surface area contributed by atoms with Gasteiger partial charge < -0.3 is 16.0 Å². The quantitative estimate of drug-likeness (QED) is 0.589. The van der Waals surface area contributed by atoms with Crippen molar-refractivity contribution < 1.29 is 4.79 Å². The highest BCUT2D eigenvalue weighted by Crippen LogP contribution is 2.22. The summed E-state index contributed by atoms with van der Waals surface area (Å²) in [4.78, 5) is 26.0. The van der Waals surface area contributed by atoms with E-state index in [0.717, 1.165) is 34.4 Å². The number of rotatable bonds is 6. The van der Waals surface area contributed by atoms with Crippen molar-refractivity contribution in [2.45, 2.75) is 27.7 Å². The van der Waals surface area contributed by atoms with Gasteiger partial charge in [-0.05, 0) is 52.0 Å². The van der Waals surface area contributed by atoms with E-state index in [1.165, 1.54) is 11.3 Å². The first-order chi connectivity index (χ1) is 12.9. The number of nitrogens with zero attached hydrogens (tertiary/aromatic N) is 3. The molecule has 0 unspecified atom stereocenters. The molecule has 7 nitrogen and oxygen atoms in total. The minimum absolute atomic E-state index is 0.138. The SMILES string of the molecule is CCNc1cc(Nc2ccc(NC(=O)c3sc(C)nc3C)cc2)nc(C)n1. The maximum absolute atomic E-state index is 12.4. The molecule has 3 rings (SSSR count). The molecule has 0 spiro atoms. The van der Waals surface area contributed by atoms with E-state index in [1.807, 2.05) is 58.0 Å². The number of amides is 1. The summed E-state index contributed by atoms with van der Waals surface area (Å²) in [7, 11) is 0. The standard InChI is InChI=1S/C19H22N6OS/c1-5-20-16-10-17(23-12(3)22-16)24-14-6-8-15(9-7-14)25-19(26)18-11(2)21-13(4)27-18/h6-10H,5H2,1-4H3,(H,25,26)(H2,20,22,23,24). The Kier molecular flexibility index (Phi) is 5.66. The van der Waals surface area contributed by atoms with Crippen LogP contribution in [0.2, 0.25) is 0 Å². The van der Waals surface area contributed by atoms with Crippen molar-refractivity contribution in [3.8, 4) is 0 Å². The number of aromatic nitrogens is 3. The molecule has 27 heavy (non-hydrogen) atoms. The zero-order chi connectivity index (χ0) is 19.4. The Labute approximate surface area is 162 Å². The van der Waals surface area contributed by atoms with Crippen LogP contribution < -0.4 is 16.0 Å². The van der Waals surface area contributed by atoms with Gasteiger partial charge in [0.25, 0.3) is 5.91 Å². The van der Waals surface area contributed by atoms with Gasteiger partial charge in [-0.15, -0.1) is 11.3 Å². The number of benzene rings is 1. The summed E-state index contributed by atoms with van der Waals surface area (Å²) in [6.07, 6.45) is 0. The highest BCUT2D eigenvalue weighted by Gasteiger charge is 2.13. The van der Waals surface area contributed by atoms with E-state index in [-0.39, 0.29) is 5.91 Å². The normalized spacial score (nSPS) is 10.5. The number of carbonyl (C=O) groups is 1. The predicted molar refractivity (Wildman–Crippen MR) is 110 cm³/mol. The Hall–Kier alpha value is -3.00. The van der Waals surface area contributed by atoms with E-state index < -0.39 is 0 Å². The monoisotopic (exact) mass is 382 g/mol. The molecule has 140 valence electrons. The lowest BCUT2D eigenvalue weighted by atomic mass is 10.2. The third-order valence-electron chi connectivity index (χ3n) is 3.72. The zero-order valence-electron chi connectivity index (χ0n) is 15.8. The van der Waals surface area contributed by atoms with E-state index in [9.17, 15) is 4.79 Å². The molecule has 2 heterocycles. The molecule has 0 aliphatic carbocycles. The fourth-order valence-corrected chi connectivity index (χ4v) is 3.43. The van der Waals surface area contributed by atoms with Crippen LogP contribution in [0.4, 0.5) is 23.0 Å². The topological polar surface area (TPSA) is 91.8 Å². The molecule has 0 bridgehead atoms. The molecule has 0 fully saturated rings. The van der Waals surface area contributed by atoms with Crippen molar-refractivity contribution in [1.82, 2.24) is 15.0 Å². The van der Waals surface area contributed by atoms with Crippen LogP contribution in [0.3, 0.4) is 0 Å². The van der Waals surface area contributed by atoms with Crippen LogP contribution in [0.1, 0.15) is 33.1 Å². The van der Waals surface area contributed by atoms with Gasteiger partial charge in [0.1, 0.15) is 22.3 Å². The molecular formula is C19H22N6OS. The number of carbonyl (C=O) groups excluding carboxylic acids is 1. The lowest BCUT2D eigenvalue weighted by Gasteiger charge is -2.10. The Balaban J connectivity index is 1.68. The van der Waals surface area contributed by atoms with E-state index >= 15 is 0 Å². The Morgan fingerprint density at radius 3 is 2.30 bits per heavy atom. The minimum atomic E-state index is -0.138. The molecule has 0 aliphatic heterocycles. The molecule has 0 atom stereocenters. The van der Waals surface area contributed by atoms with Gasteiger partial charge in [-0.25, -0.2) is 15.0 Å². The molecule has 0 saturated heterocycles. The largest absolute Gasteiger partial charge is 0.370 e. The summed E-state index contributed by atoms with van der Waals surface area (Å²) in [6, 6.07) is 9.35. The molecule has 2 aromatic heterocycles. The molecule has 3 aromatic rings. The van der Waals surface area contributed by atoms with Gasteiger partial charge in [-0.1, -0.05) is 0 Å². The lowest BCUT2D eigenvalue weighted by Crippen LogP contribution is -2.11. The number of nitrogens with one attached hydrogen (secondary N) is 3. The van der Waals surface area contributed by atoms with Crippen molar-refractivity contribution in [2.75, 3.05) is 22.5 Å².